The third-order valence-electron chi connectivity index (χ3n) is 5.25. The summed E-state index contributed by atoms with van der Waals surface area (Å²) in [6, 6.07) is 12.5. The number of carbonyl (C=O) groups is 1. The van der Waals surface area contributed by atoms with E-state index in [2.05, 4.69) is 16.5 Å². The predicted molar refractivity (Wildman–Crippen MR) is 122 cm³/mol. The smallest absolute Gasteiger partial charge is 0.368 e. The number of allylic oxidation sites excluding steroid dienone is 5. The minimum absolute atomic E-state index is 0.111. The Balaban J connectivity index is 1.97. The molecule has 2 aromatic rings. The van der Waals surface area contributed by atoms with Crippen molar-refractivity contribution in [3.05, 3.63) is 89.8 Å². The molecule has 8 heteroatoms. The molecule has 1 aliphatic rings. The number of alkyl halides is 3. The summed E-state index contributed by atoms with van der Waals surface area (Å²) in [6.45, 7) is 6.75. The lowest BCUT2D eigenvalue weighted by molar-refractivity contribution is -0.141. The molecule has 1 fully saturated rings. The zero-order valence-electron chi connectivity index (χ0n) is 18.1. The van der Waals surface area contributed by atoms with E-state index in [-0.39, 0.29) is 24.3 Å². The molecule has 170 valence electrons. The standard InChI is InChI=1S/C25H23F3N4O/c1-3-8-18(9-4-2)22-19(17-29)16-21(23(30-22)25(26,27)28)24(33)32-14-12-31(13-15-32)20-10-6-5-7-11-20/h3-11,16H,1,12-15H2,2H3/b9-4-,18-8+. The average molecular weight is 452 g/mol. The maximum absolute atomic E-state index is 13.9. The number of nitriles is 1. The number of rotatable bonds is 5. The first-order valence-corrected chi connectivity index (χ1v) is 10.4. The third-order valence-corrected chi connectivity index (χ3v) is 5.25. The zero-order chi connectivity index (χ0) is 24.0. The first-order valence-electron chi connectivity index (χ1n) is 10.4. The second-order valence-electron chi connectivity index (χ2n) is 7.36. The fourth-order valence-electron chi connectivity index (χ4n) is 3.69. The maximum Gasteiger partial charge on any atom is 0.434 e. The molecule has 0 aliphatic carbocycles. The Bertz CT molecular complexity index is 1120. The fourth-order valence-corrected chi connectivity index (χ4v) is 3.69. The molecule has 0 radical (unpaired) electrons. The van der Waals surface area contributed by atoms with Crippen LogP contribution < -0.4 is 4.90 Å². The number of pyridine rings is 1. The van der Waals surface area contributed by atoms with Crippen LogP contribution in [0.15, 0.2) is 67.3 Å². The summed E-state index contributed by atoms with van der Waals surface area (Å²) >= 11 is 0. The van der Waals surface area contributed by atoms with Gasteiger partial charge in [0.25, 0.3) is 5.91 Å². The number of piperazine rings is 1. The topological polar surface area (TPSA) is 60.2 Å². The Morgan fingerprint density at radius 1 is 1.18 bits per heavy atom. The summed E-state index contributed by atoms with van der Waals surface area (Å²) in [5.74, 6) is -0.786. The average Bonchev–Trinajstić information content (AvgIpc) is 2.82. The van der Waals surface area contributed by atoms with Crippen molar-refractivity contribution in [2.75, 3.05) is 31.1 Å². The largest absolute Gasteiger partial charge is 0.434 e. The number of amides is 1. The van der Waals surface area contributed by atoms with Gasteiger partial charge in [-0.25, -0.2) is 4.98 Å². The van der Waals surface area contributed by atoms with Gasteiger partial charge in [0.05, 0.1) is 16.8 Å². The molecule has 1 saturated heterocycles. The van der Waals surface area contributed by atoms with E-state index in [4.69, 9.17) is 0 Å². The van der Waals surface area contributed by atoms with Crippen LogP contribution >= 0.6 is 0 Å². The van der Waals surface area contributed by atoms with Crippen LogP contribution in [0, 0.1) is 11.3 Å². The third kappa shape index (κ3) is 5.32. The van der Waals surface area contributed by atoms with Gasteiger partial charge in [-0.05, 0) is 25.1 Å². The molecule has 1 amide bonds. The monoisotopic (exact) mass is 452 g/mol. The van der Waals surface area contributed by atoms with Crippen molar-refractivity contribution in [3.8, 4) is 6.07 Å². The van der Waals surface area contributed by atoms with Crippen LogP contribution in [0.25, 0.3) is 5.57 Å². The number of carbonyl (C=O) groups excluding carboxylic acids is 1. The van der Waals surface area contributed by atoms with Gasteiger partial charge in [0.2, 0.25) is 0 Å². The maximum atomic E-state index is 13.9. The summed E-state index contributed by atoms with van der Waals surface area (Å²) < 4.78 is 41.8. The second-order valence-corrected chi connectivity index (χ2v) is 7.36. The van der Waals surface area contributed by atoms with Crippen molar-refractivity contribution in [3.63, 3.8) is 0 Å². The van der Waals surface area contributed by atoms with Crippen LogP contribution in [0.5, 0.6) is 0 Å². The van der Waals surface area contributed by atoms with E-state index in [0.717, 1.165) is 11.8 Å². The Labute approximate surface area is 190 Å². The summed E-state index contributed by atoms with van der Waals surface area (Å²) in [5.41, 5.74) is -0.886. The normalized spacial score (nSPS) is 14.9. The zero-order valence-corrected chi connectivity index (χ0v) is 18.1. The molecular formula is C25H23F3N4O. The highest BCUT2D eigenvalue weighted by Crippen LogP contribution is 2.34. The molecule has 0 atom stereocenters. The van der Waals surface area contributed by atoms with E-state index in [1.54, 1.807) is 13.0 Å². The Hall–Kier alpha value is -3.86. The Kier molecular flexibility index (Phi) is 7.34. The molecule has 2 heterocycles. The predicted octanol–water partition coefficient (Wildman–Crippen LogP) is 5.08. The molecule has 1 aliphatic heterocycles. The highest BCUT2D eigenvalue weighted by molar-refractivity contribution is 5.96. The molecule has 0 N–H and O–H groups in total. The lowest BCUT2D eigenvalue weighted by atomic mass is 10.0. The van der Waals surface area contributed by atoms with Crippen LogP contribution in [0.4, 0.5) is 18.9 Å². The van der Waals surface area contributed by atoms with E-state index >= 15 is 0 Å². The highest BCUT2D eigenvalue weighted by Gasteiger charge is 2.40. The van der Waals surface area contributed by atoms with Gasteiger partial charge in [-0.3, -0.25) is 4.79 Å². The van der Waals surface area contributed by atoms with Crippen molar-refractivity contribution in [1.29, 1.82) is 5.26 Å². The number of hydrogen-bond acceptors (Lipinski definition) is 4. The van der Waals surface area contributed by atoms with E-state index in [1.165, 1.54) is 23.1 Å². The first-order chi connectivity index (χ1) is 15.8. The lowest BCUT2D eigenvalue weighted by Gasteiger charge is -2.36. The van der Waals surface area contributed by atoms with Crippen molar-refractivity contribution in [2.45, 2.75) is 13.1 Å². The Morgan fingerprint density at radius 3 is 2.39 bits per heavy atom. The summed E-state index contributed by atoms with van der Waals surface area (Å²) in [5, 5.41) is 9.59. The van der Waals surface area contributed by atoms with Gasteiger partial charge in [-0.1, -0.05) is 49.1 Å². The molecular weight excluding hydrogens is 429 g/mol. The van der Waals surface area contributed by atoms with Gasteiger partial charge in [0.15, 0.2) is 5.69 Å². The molecule has 0 saturated carbocycles. The molecule has 3 rings (SSSR count). The van der Waals surface area contributed by atoms with Crippen LogP contribution in [-0.4, -0.2) is 42.0 Å². The molecule has 33 heavy (non-hydrogen) atoms. The summed E-state index contributed by atoms with van der Waals surface area (Å²) in [4.78, 5) is 20.3. The number of hydrogen-bond donors (Lipinski definition) is 0. The second kappa shape index (κ2) is 10.2. The lowest BCUT2D eigenvalue weighted by Crippen LogP contribution is -2.49. The molecule has 1 aromatic carbocycles. The van der Waals surface area contributed by atoms with Gasteiger partial charge >= 0.3 is 6.18 Å². The van der Waals surface area contributed by atoms with Crippen molar-refractivity contribution in [2.24, 2.45) is 0 Å². The van der Waals surface area contributed by atoms with Crippen LogP contribution in [0.3, 0.4) is 0 Å². The van der Waals surface area contributed by atoms with E-state index in [9.17, 15) is 23.2 Å². The number of nitrogens with zero attached hydrogens (tertiary/aromatic N) is 4. The summed E-state index contributed by atoms with van der Waals surface area (Å²) in [6.07, 6.45) is 1.16. The van der Waals surface area contributed by atoms with Crippen molar-refractivity contribution >= 4 is 17.2 Å². The van der Waals surface area contributed by atoms with Crippen molar-refractivity contribution in [1.82, 2.24) is 9.88 Å². The summed E-state index contributed by atoms with van der Waals surface area (Å²) in [7, 11) is 0. The highest BCUT2D eigenvalue weighted by atomic mass is 19.4. The van der Waals surface area contributed by atoms with Crippen LogP contribution in [-0.2, 0) is 6.18 Å². The molecule has 0 spiro atoms. The number of halogens is 3. The van der Waals surface area contributed by atoms with Gasteiger partial charge in [0, 0.05) is 37.4 Å². The van der Waals surface area contributed by atoms with Crippen LogP contribution in [0.2, 0.25) is 0 Å². The van der Waals surface area contributed by atoms with Crippen molar-refractivity contribution < 1.29 is 18.0 Å². The number of para-hydroxylation sites is 1. The minimum atomic E-state index is -4.87. The SMILES string of the molecule is C=C/C=C(\C=C/C)c1nc(C(F)(F)F)c(C(=O)N2CCN(c3ccccc3)CC2)cc1C#N. The van der Waals surface area contributed by atoms with E-state index < -0.39 is 23.3 Å². The van der Waals surface area contributed by atoms with Gasteiger partial charge in [-0.2, -0.15) is 18.4 Å². The Morgan fingerprint density at radius 2 is 1.85 bits per heavy atom. The van der Waals surface area contributed by atoms with Crippen LogP contribution in [0.1, 0.15) is 34.2 Å². The minimum Gasteiger partial charge on any atom is -0.368 e. The van der Waals surface area contributed by atoms with Gasteiger partial charge in [0.1, 0.15) is 6.07 Å². The van der Waals surface area contributed by atoms with E-state index in [1.807, 2.05) is 36.4 Å². The fraction of sp³-hybridized carbons (Fsp3) is 0.240. The molecule has 1 aromatic heterocycles. The molecule has 5 nitrogen and oxygen atoms in total. The number of anilines is 1. The number of aromatic nitrogens is 1. The van der Waals surface area contributed by atoms with E-state index in [0.29, 0.717) is 18.7 Å². The number of benzene rings is 1. The quantitative estimate of drug-likeness (QED) is 0.594. The molecule has 0 bridgehead atoms. The molecule has 0 unspecified atom stereocenters. The van der Waals surface area contributed by atoms with Gasteiger partial charge < -0.3 is 9.80 Å². The van der Waals surface area contributed by atoms with Gasteiger partial charge in [-0.15, -0.1) is 0 Å². The first kappa shape index (κ1) is 23.8.